The van der Waals surface area contributed by atoms with Gasteiger partial charge in [-0.05, 0) is 42.7 Å². The lowest BCUT2D eigenvalue weighted by Crippen LogP contribution is -2.40. The number of para-hydroxylation sites is 1. The van der Waals surface area contributed by atoms with E-state index in [1.165, 1.54) is 10.3 Å². The normalized spacial score (nSPS) is 13.6. The number of benzene rings is 2. The van der Waals surface area contributed by atoms with Crippen molar-refractivity contribution >= 4 is 38.8 Å². The Labute approximate surface area is 156 Å². The first-order valence-corrected chi connectivity index (χ1v) is 9.76. The van der Waals surface area contributed by atoms with Crippen LogP contribution in [-0.4, -0.2) is 30.5 Å². The zero-order chi connectivity index (χ0) is 17.9. The molecule has 0 saturated carbocycles. The molecule has 6 heteroatoms. The Morgan fingerprint density at radius 3 is 3.00 bits per heavy atom. The van der Waals surface area contributed by atoms with E-state index in [0.717, 1.165) is 47.7 Å². The minimum absolute atomic E-state index is 0.0429. The van der Waals surface area contributed by atoms with Gasteiger partial charge in [0.05, 0.1) is 21.8 Å². The number of hydrogen-bond acceptors (Lipinski definition) is 5. The number of aromatic nitrogens is 1. The van der Waals surface area contributed by atoms with Crippen molar-refractivity contribution in [3.05, 3.63) is 53.0 Å². The maximum absolute atomic E-state index is 12.4. The molecule has 0 bridgehead atoms. The highest BCUT2D eigenvalue weighted by Gasteiger charge is 2.20. The topological polar surface area (TPSA) is 71.2 Å². The van der Waals surface area contributed by atoms with Crippen LogP contribution in [0.2, 0.25) is 0 Å². The van der Waals surface area contributed by atoms with E-state index in [9.17, 15) is 4.79 Å². The summed E-state index contributed by atoms with van der Waals surface area (Å²) in [7, 11) is 0. The second-order valence-electron chi connectivity index (χ2n) is 6.55. The van der Waals surface area contributed by atoms with E-state index in [0.29, 0.717) is 13.1 Å². The van der Waals surface area contributed by atoms with Crippen molar-refractivity contribution in [3.8, 4) is 0 Å². The number of fused-ring (bicyclic) bond motifs is 2. The number of carbonyl (C=O) groups excluding carboxylic acids is 1. The third-order valence-corrected chi connectivity index (χ3v) is 5.81. The molecule has 0 saturated heterocycles. The van der Waals surface area contributed by atoms with E-state index in [4.69, 9.17) is 5.73 Å². The Bertz CT molecular complexity index is 903. The SMILES string of the molecule is Nc1cccc2c1CCCN2CC(=O)NCCc1nc2ccccc2s1. The number of carbonyl (C=O) groups is 1. The summed E-state index contributed by atoms with van der Waals surface area (Å²) >= 11 is 1.69. The Balaban J connectivity index is 1.33. The van der Waals surface area contributed by atoms with Gasteiger partial charge in [-0.1, -0.05) is 18.2 Å². The standard InChI is InChI=1S/C20H22N4OS/c21-15-6-3-8-17-14(15)5-4-12-24(17)13-19(25)22-11-10-20-23-16-7-1-2-9-18(16)26-20/h1-3,6-9H,4-5,10-13,21H2,(H,22,25). The maximum atomic E-state index is 12.4. The fourth-order valence-corrected chi connectivity index (χ4v) is 4.42. The summed E-state index contributed by atoms with van der Waals surface area (Å²) in [5, 5.41) is 4.08. The van der Waals surface area contributed by atoms with Crippen LogP contribution in [0, 0.1) is 0 Å². The van der Waals surface area contributed by atoms with Gasteiger partial charge in [-0.25, -0.2) is 4.98 Å². The molecule has 134 valence electrons. The lowest BCUT2D eigenvalue weighted by atomic mass is 10.00. The van der Waals surface area contributed by atoms with Crippen molar-refractivity contribution in [2.45, 2.75) is 19.3 Å². The van der Waals surface area contributed by atoms with E-state index >= 15 is 0 Å². The van der Waals surface area contributed by atoms with Gasteiger partial charge >= 0.3 is 0 Å². The van der Waals surface area contributed by atoms with Crippen molar-refractivity contribution in [1.82, 2.24) is 10.3 Å². The molecule has 26 heavy (non-hydrogen) atoms. The Morgan fingerprint density at radius 2 is 2.12 bits per heavy atom. The third kappa shape index (κ3) is 3.51. The number of anilines is 2. The molecule has 1 aromatic heterocycles. The average Bonchev–Trinajstić information content (AvgIpc) is 3.05. The van der Waals surface area contributed by atoms with Crippen LogP contribution in [-0.2, 0) is 17.6 Å². The molecule has 2 aromatic carbocycles. The fraction of sp³-hybridized carbons (Fsp3) is 0.300. The molecule has 2 heterocycles. The van der Waals surface area contributed by atoms with E-state index in [1.807, 2.05) is 30.3 Å². The summed E-state index contributed by atoms with van der Waals surface area (Å²) in [6.45, 7) is 1.87. The number of nitrogens with one attached hydrogen (secondary N) is 1. The van der Waals surface area contributed by atoms with Crippen molar-refractivity contribution in [2.75, 3.05) is 30.3 Å². The molecule has 1 amide bonds. The number of thiazole rings is 1. The van der Waals surface area contributed by atoms with Crippen molar-refractivity contribution in [3.63, 3.8) is 0 Å². The third-order valence-electron chi connectivity index (χ3n) is 4.72. The summed E-state index contributed by atoms with van der Waals surface area (Å²) in [5.74, 6) is 0.0429. The molecule has 0 radical (unpaired) electrons. The summed E-state index contributed by atoms with van der Waals surface area (Å²) < 4.78 is 1.19. The molecule has 3 N–H and O–H groups in total. The van der Waals surface area contributed by atoms with Crippen LogP contribution in [0.1, 0.15) is 17.0 Å². The van der Waals surface area contributed by atoms with Gasteiger partial charge in [0.1, 0.15) is 0 Å². The first kappa shape index (κ1) is 16.8. The average molecular weight is 366 g/mol. The zero-order valence-corrected chi connectivity index (χ0v) is 15.4. The second-order valence-corrected chi connectivity index (χ2v) is 7.66. The molecule has 5 nitrogen and oxygen atoms in total. The second kappa shape index (κ2) is 7.33. The monoisotopic (exact) mass is 366 g/mol. The van der Waals surface area contributed by atoms with Crippen LogP contribution in [0.5, 0.6) is 0 Å². The van der Waals surface area contributed by atoms with E-state index in [-0.39, 0.29) is 5.91 Å². The van der Waals surface area contributed by atoms with Gasteiger partial charge in [-0.3, -0.25) is 4.79 Å². The van der Waals surface area contributed by atoms with Gasteiger partial charge < -0.3 is 16.0 Å². The highest BCUT2D eigenvalue weighted by atomic mass is 32.1. The zero-order valence-electron chi connectivity index (χ0n) is 14.6. The van der Waals surface area contributed by atoms with Crippen LogP contribution in [0.15, 0.2) is 42.5 Å². The molecule has 4 rings (SSSR count). The summed E-state index contributed by atoms with van der Waals surface area (Å²) in [6.07, 6.45) is 2.77. The van der Waals surface area contributed by atoms with Gasteiger partial charge in [-0.15, -0.1) is 11.3 Å². The number of hydrogen-bond donors (Lipinski definition) is 2. The highest BCUT2D eigenvalue weighted by molar-refractivity contribution is 7.18. The number of nitrogens with two attached hydrogens (primary N) is 1. The molecule has 1 aliphatic rings. The van der Waals surface area contributed by atoms with Crippen LogP contribution >= 0.6 is 11.3 Å². The van der Waals surface area contributed by atoms with Crippen LogP contribution < -0.4 is 16.0 Å². The predicted molar refractivity (Wildman–Crippen MR) is 108 cm³/mol. The number of nitrogen functional groups attached to an aromatic ring is 1. The van der Waals surface area contributed by atoms with Gasteiger partial charge in [0.15, 0.2) is 0 Å². The molecular weight excluding hydrogens is 344 g/mol. The molecule has 0 aliphatic carbocycles. The molecule has 1 aliphatic heterocycles. The predicted octanol–water partition coefficient (Wildman–Crippen LogP) is 2.99. The van der Waals surface area contributed by atoms with Crippen LogP contribution in [0.4, 0.5) is 11.4 Å². The lowest BCUT2D eigenvalue weighted by molar-refractivity contribution is -0.119. The van der Waals surface area contributed by atoms with E-state index in [1.54, 1.807) is 11.3 Å². The van der Waals surface area contributed by atoms with E-state index in [2.05, 4.69) is 27.3 Å². The Hall–Kier alpha value is -2.60. The molecule has 0 fully saturated rings. The lowest BCUT2D eigenvalue weighted by Gasteiger charge is -2.31. The van der Waals surface area contributed by atoms with Gasteiger partial charge in [0, 0.05) is 30.9 Å². The quantitative estimate of drug-likeness (QED) is 0.681. The minimum atomic E-state index is 0.0429. The molecule has 0 unspecified atom stereocenters. The summed E-state index contributed by atoms with van der Waals surface area (Å²) in [5.41, 5.74) is 10.2. The van der Waals surface area contributed by atoms with E-state index < -0.39 is 0 Å². The highest BCUT2D eigenvalue weighted by Crippen LogP contribution is 2.30. The maximum Gasteiger partial charge on any atom is 0.239 e. The number of amides is 1. The van der Waals surface area contributed by atoms with Crippen LogP contribution in [0.25, 0.3) is 10.2 Å². The summed E-state index contributed by atoms with van der Waals surface area (Å²) in [6, 6.07) is 14.1. The minimum Gasteiger partial charge on any atom is -0.398 e. The van der Waals surface area contributed by atoms with Crippen molar-refractivity contribution in [1.29, 1.82) is 0 Å². The summed E-state index contributed by atoms with van der Waals surface area (Å²) in [4.78, 5) is 19.1. The fourth-order valence-electron chi connectivity index (χ4n) is 3.46. The largest absolute Gasteiger partial charge is 0.398 e. The molecule has 0 spiro atoms. The van der Waals surface area contributed by atoms with Crippen molar-refractivity contribution < 1.29 is 4.79 Å². The first-order chi connectivity index (χ1) is 12.7. The van der Waals surface area contributed by atoms with Crippen LogP contribution in [0.3, 0.4) is 0 Å². The Morgan fingerprint density at radius 1 is 1.23 bits per heavy atom. The first-order valence-electron chi connectivity index (χ1n) is 8.94. The molecular formula is C20H22N4OS. The van der Waals surface area contributed by atoms with Crippen molar-refractivity contribution in [2.24, 2.45) is 0 Å². The smallest absolute Gasteiger partial charge is 0.239 e. The molecule has 3 aromatic rings. The van der Waals surface area contributed by atoms with Gasteiger partial charge in [-0.2, -0.15) is 0 Å². The number of rotatable bonds is 5. The van der Waals surface area contributed by atoms with Gasteiger partial charge in [0.25, 0.3) is 0 Å². The molecule has 0 atom stereocenters. The Kier molecular flexibility index (Phi) is 4.75. The van der Waals surface area contributed by atoms with Gasteiger partial charge in [0.2, 0.25) is 5.91 Å². The number of nitrogens with zero attached hydrogens (tertiary/aromatic N) is 2.